The SMILES string of the molecule is Cc1cc(=O)n(-c2cccc(Br)c2)[nH]1. The molecule has 0 aliphatic rings. The van der Waals surface area contributed by atoms with Gasteiger partial charge in [0.2, 0.25) is 0 Å². The normalized spacial score (nSPS) is 10.4. The fraction of sp³-hybridized carbons (Fsp3) is 0.100. The Hall–Kier alpha value is -1.29. The van der Waals surface area contributed by atoms with Gasteiger partial charge in [0.1, 0.15) is 0 Å². The van der Waals surface area contributed by atoms with Gasteiger partial charge in [-0.05, 0) is 25.1 Å². The van der Waals surface area contributed by atoms with Crippen LogP contribution in [0.15, 0.2) is 39.6 Å². The average Bonchev–Trinajstić information content (AvgIpc) is 2.45. The summed E-state index contributed by atoms with van der Waals surface area (Å²) in [6.45, 7) is 1.86. The number of hydrogen-bond donors (Lipinski definition) is 1. The number of H-pyrrole nitrogens is 1. The van der Waals surface area contributed by atoms with Crippen LogP contribution in [0.1, 0.15) is 5.69 Å². The van der Waals surface area contributed by atoms with Gasteiger partial charge in [-0.3, -0.25) is 9.89 Å². The number of aryl methyl sites for hydroxylation is 1. The zero-order chi connectivity index (χ0) is 10.1. The zero-order valence-electron chi connectivity index (χ0n) is 7.62. The second kappa shape index (κ2) is 3.46. The molecular weight excluding hydrogens is 244 g/mol. The molecule has 72 valence electrons. The lowest BCUT2D eigenvalue weighted by Gasteiger charge is -2.01. The molecule has 1 heterocycles. The lowest BCUT2D eigenvalue weighted by atomic mass is 10.3. The third kappa shape index (κ3) is 1.65. The molecule has 0 aliphatic carbocycles. The molecule has 14 heavy (non-hydrogen) atoms. The van der Waals surface area contributed by atoms with Gasteiger partial charge in [-0.15, -0.1) is 0 Å². The molecule has 0 fully saturated rings. The second-order valence-corrected chi connectivity index (χ2v) is 4.01. The molecule has 4 heteroatoms. The van der Waals surface area contributed by atoms with Crippen molar-refractivity contribution in [3.63, 3.8) is 0 Å². The first kappa shape index (κ1) is 9.27. The highest BCUT2D eigenvalue weighted by atomic mass is 79.9. The maximum absolute atomic E-state index is 11.5. The van der Waals surface area contributed by atoms with Gasteiger partial charge in [0.25, 0.3) is 5.56 Å². The quantitative estimate of drug-likeness (QED) is 0.831. The molecule has 0 aliphatic heterocycles. The van der Waals surface area contributed by atoms with Crippen molar-refractivity contribution in [1.29, 1.82) is 0 Å². The standard InChI is InChI=1S/C10H9BrN2O/c1-7-5-10(14)13(12-7)9-4-2-3-8(11)6-9/h2-6,12H,1H3. The summed E-state index contributed by atoms with van der Waals surface area (Å²) in [6, 6.07) is 9.15. The molecule has 0 saturated carbocycles. The summed E-state index contributed by atoms with van der Waals surface area (Å²) in [4.78, 5) is 11.5. The topological polar surface area (TPSA) is 37.8 Å². The molecule has 1 N–H and O–H groups in total. The van der Waals surface area contributed by atoms with Crippen molar-refractivity contribution < 1.29 is 0 Å². The van der Waals surface area contributed by atoms with Gasteiger partial charge in [0.05, 0.1) is 5.69 Å². The maximum atomic E-state index is 11.5. The van der Waals surface area contributed by atoms with Gasteiger partial charge in [-0.25, -0.2) is 4.68 Å². The molecular formula is C10H9BrN2O. The van der Waals surface area contributed by atoms with Crippen molar-refractivity contribution >= 4 is 15.9 Å². The molecule has 2 aromatic rings. The largest absolute Gasteiger partial charge is 0.295 e. The summed E-state index contributed by atoms with van der Waals surface area (Å²) in [6.07, 6.45) is 0. The average molecular weight is 253 g/mol. The molecule has 0 amide bonds. The number of rotatable bonds is 1. The Morgan fingerprint density at radius 2 is 2.14 bits per heavy atom. The van der Waals surface area contributed by atoms with E-state index in [-0.39, 0.29) is 5.56 Å². The summed E-state index contributed by atoms with van der Waals surface area (Å²) in [5, 5.41) is 2.97. The molecule has 1 aromatic heterocycles. The summed E-state index contributed by atoms with van der Waals surface area (Å²) >= 11 is 3.36. The molecule has 0 saturated heterocycles. The Morgan fingerprint density at radius 1 is 1.36 bits per heavy atom. The summed E-state index contributed by atoms with van der Waals surface area (Å²) < 4.78 is 2.47. The number of nitrogens with one attached hydrogen (secondary N) is 1. The van der Waals surface area contributed by atoms with Crippen LogP contribution >= 0.6 is 15.9 Å². The Balaban J connectivity index is 2.60. The van der Waals surface area contributed by atoms with Crippen molar-refractivity contribution in [3.8, 4) is 5.69 Å². The van der Waals surface area contributed by atoms with Crippen LogP contribution in [0.3, 0.4) is 0 Å². The van der Waals surface area contributed by atoms with Gasteiger partial charge in [0, 0.05) is 16.2 Å². The lowest BCUT2D eigenvalue weighted by molar-refractivity contribution is 0.835. The molecule has 2 rings (SSSR count). The Bertz CT molecular complexity index is 513. The van der Waals surface area contributed by atoms with Crippen LogP contribution in [0, 0.1) is 6.92 Å². The molecule has 0 atom stereocenters. The fourth-order valence-corrected chi connectivity index (χ4v) is 1.71. The molecule has 1 aromatic carbocycles. The van der Waals surface area contributed by atoms with Gasteiger partial charge >= 0.3 is 0 Å². The van der Waals surface area contributed by atoms with E-state index < -0.39 is 0 Å². The number of nitrogens with zero attached hydrogens (tertiary/aromatic N) is 1. The van der Waals surface area contributed by atoms with Crippen LogP contribution in [0.5, 0.6) is 0 Å². The predicted molar refractivity (Wildman–Crippen MR) is 58.8 cm³/mol. The van der Waals surface area contributed by atoms with E-state index >= 15 is 0 Å². The minimum atomic E-state index is -0.0411. The van der Waals surface area contributed by atoms with Crippen LogP contribution in [0.4, 0.5) is 0 Å². The summed E-state index contributed by atoms with van der Waals surface area (Å²) in [7, 11) is 0. The highest BCUT2D eigenvalue weighted by molar-refractivity contribution is 9.10. The molecule has 0 unspecified atom stereocenters. The van der Waals surface area contributed by atoms with E-state index in [2.05, 4.69) is 21.0 Å². The zero-order valence-corrected chi connectivity index (χ0v) is 9.21. The van der Waals surface area contributed by atoms with Crippen LogP contribution in [-0.2, 0) is 0 Å². The van der Waals surface area contributed by atoms with Gasteiger partial charge in [-0.1, -0.05) is 22.0 Å². The van der Waals surface area contributed by atoms with E-state index in [4.69, 9.17) is 0 Å². The molecule has 0 spiro atoms. The maximum Gasteiger partial charge on any atom is 0.271 e. The summed E-state index contributed by atoms with van der Waals surface area (Å²) in [5.74, 6) is 0. The molecule has 0 radical (unpaired) electrons. The van der Waals surface area contributed by atoms with Gasteiger partial charge in [-0.2, -0.15) is 0 Å². The van der Waals surface area contributed by atoms with Crippen molar-refractivity contribution in [3.05, 3.63) is 50.9 Å². The van der Waals surface area contributed by atoms with Gasteiger partial charge in [0.15, 0.2) is 0 Å². The van der Waals surface area contributed by atoms with Crippen molar-refractivity contribution in [2.24, 2.45) is 0 Å². The van der Waals surface area contributed by atoms with Crippen LogP contribution in [0.25, 0.3) is 5.69 Å². The van der Waals surface area contributed by atoms with Crippen LogP contribution in [0.2, 0.25) is 0 Å². The van der Waals surface area contributed by atoms with E-state index in [1.165, 1.54) is 4.68 Å². The number of aromatic amines is 1. The second-order valence-electron chi connectivity index (χ2n) is 3.09. The molecule has 0 bridgehead atoms. The first-order chi connectivity index (χ1) is 6.66. The Kier molecular flexibility index (Phi) is 2.29. The smallest absolute Gasteiger partial charge is 0.271 e. The third-order valence-corrected chi connectivity index (χ3v) is 2.41. The predicted octanol–water partition coefficient (Wildman–Crippen LogP) is 2.24. The number of hydrogen-bond acceptors (Lipinski definition) is 1. The minimum Gasteiger partial charge on any atom is -0.295 e. The summed E-state index contributed by atoms with van der Waals surface area (Å²) in [5.41, 5.74) is 1.65. The van der Waals surface area contributed by atoms with Crippen molar-refractivity contribution in [1.82, 2.24) is 9.78 Å². The van der Waals surface area contributed by atoms with E-state index in [1.54, 1.807) is 6.07 Å². The first-order valence-corrected chi connectivity index (χ1v) is 5.01. The van der Waals surface area contributed by atoms with E-state index in [1.807, 2.05) is 31.2 Å². The van der Waals surface area contributed by atoms with E-state index in [0.717, 1.165) is 15.9 Å². The highest BCUT2D eigenvalue weighted by Crippen LogP contribution is 2.13. The minimum absolute atomic E-state index is 0.0411. The van der Waals surface area contributed by atoms with E-state index in [0.29, 0.717) is 0 Å². The fourth-order valence-electron chi connectivity index (χ4n) is 1.32. The molecule has 3 nitrogen and oxygen atoms in total. The Morgan fingerprint density at radius 3 is 2.71 bits per heavy atom. The van der Waals surface area contributed by atoms with Gasteiger partial charge < -0.3 is 0 Å². The number of aromatic nitrogens is 2. The van der Waals surface area contributed by atoms with Crippen LogP contribution < -0.4 is 5.56 Å². The third-order valence-electron chi connectivity index (χ3n) is 1.91. The van der Waals surface area contributed by atoms with Crippen molar-refractivity contribution in [2.75, 3.05) is 0 Å². The monoisotopic (exact) mass is 252 g/mol. The van der Waals surface area contributed by atoms with Crippen LogP contribution in [-0.4, -0.2) is 9.78 Å². The number of halogens is 1. The lowest BCUT2D eigenvalue weighted by Crippen LogP contribution is -2.13. The number of benzene rings is 1. The first-order valence-electron chi connectivity index (χ1n) is 4.21. The van der Waals surface area contributed by atoms with E-state index in [9.17, 15) is 4.79 Å². The van der Waals surface area contributed by atoms with Crippen molar-refractivity contribution in [2.45, 2.75) is 6.92 Å². The highest BCUT2D eigenvalue weighted by Gasteiger charge is 2.01. The Labute approximate surface area is 89.5 Å².